The van der Waals surface area contributed by atoms with E-state index in [1.807, 2.05) is 4.90 Å². The Hall–Kier alpha value is -1.89. The number of carbonyl (C=O) groups excluding carboxylic acids is 2. The number of carbonyl (C=O) groups is 2. The minimum atomic E-state index is -0.360. The zero-order valence-corrected chi connectivity index (χ0v) is 14.6. The van der Waals surface area contributed by atoms with E-state index >= 15 is 0 Å². The van der Waals surface area contributed by atoms with Crippen LogP contribution in [0.15, 0.2) is 18.7 Å². The van der Waals surface area contributed by atoms with E-state index in [0.29, 0.717) is 25.7 Å². The van der Waals surface area contributed by atoms with Gasteiger partial charge < -0.3 is 19.1 Å². The van der Waals surface area contributed by atoms with Crippen LogP contribution in [0, 0.1) is 5.41 Å². The van der Waals surface area contributed by atoms with Gasteiger partial charge in [-0.3, -0.25) is 9.59 Å². The summed E-state index contributed by atoms with van der Waals surface area (Å²) in [5, 5.41) is 0. The molecule has 0 aromatic carbocycles. The van der Waals surface area contributed by atoms with E-state index in [4.69, 9.17) is 4.74 Å². The molecule has 0 N–H and O–H groups in total. The van der Waals surface area contributed by atoms with Gasteiger partial charge >= 0.3 is 0 Å². The number of hydrogen-bond acceptors (Lipinski definition) is 4. The standard InChI is InChI=1S/C18H26N4O3/c23-16(12-20-9-6-19-14-20)21-8-5-18(13-21)4-1-7-22(17(18)24)15-2-10-25-11-3-15/h6,9,14-15H,1-5,7-8,10-13H2/t18-/m0/s1. The minimum Gasteiger partial charge on any atom is -0.381 e. The molecule has 0 radical (unpaired) electrons. The van der Waals surface area contributed by atoms with Crippen molar-refractivity contribution in [3.63, 3.8) is 0 Å². The maximum Gasteiger partial charge on any atom is 0.242 e. The normalized spacial score (nSPS) is 28.1. The van der Waals surface area contributed by atoms with Crippen molar-refractivity contribution in [1.82, 2.24) is 19.4 Å². The first-order chi connectivity index (χ1) is 12.2. The molecule has 0 saturated carbocycles. The third kappa shape index (κ3) is 3.17. The second-order valence-corrected chi connectivity index (χ2v) is 7.53. The third-order valence-corrected chi connectivity index (χ3v) is 5.98. The molecular formula is C18H26N4O3. The number of amides is 2. The second kappa shape index (κ2) is 6.78. The highest BCUT2D eigenvalue weighted by Crippen LogP contribution is 2.41. The molecular weight excluding hydrogens is 320 g/mol. The Bertz CT molecular complexity index is 626. The lowest BCUT2D eigenvalue weighted by molar-refractivity contribution is -0.151. The number of ether oxygens (including phenoxy) is 1. The lowest BCUT2D eigenvalue weighted by Crippen LogP contribution is -2.55. The van der Waals surface area contributed by atoms with Crippen LogP contribution in [0.5, 0.6) is 0 Å². The molecule has 1 aromatic heterocycles. The summed E-state index contributed by atoms with van der Waals surface area (Å²) in [7, 11) is 0. The highest BCUT2D eigenvalue weighted by Gasteiger charge is 2.50. The molecule has 4 rings (SSSR count). The van der Waals surface area contributed by atoms with Gasteiger partial charge in [0.1, 0.15) is 6.54 Å². The molecule has 3 fully saturated rings. The molecule has 0 unspecified atom stereocenters. The van der Waals surface area contributed by atoms with Crippen molar-refractivity contribution >= 4 is 11.8 Å². The van der Waals surface area contributed by atoms with Crippen LogP contribution in [-0.4, -0.2) is 70.1 Å². The first-order valence-electron chi connectivity index (χ1n) is 9.30. The van der Waals surface area contributed by atoms with Crippen LogP contribution in [0.25, 0.3) is 0 Å². The van der Waals surface area contributed by atoms with E-state index in [1.165, 1.54) is 0 Å². The molecule has 25 heavy (non-hydrogen) atoms. The second-order valence-electron chi connectivity index (χ2n) is 7.53. The van der Waals surface area contributed by atoms with E-state index in [2.05, 4.69) is 9.88 Å². The summed E-state index contributed by atoms with van der Waals surface area (Å²) in [6.07, 6.45) is 9.73. The molecule has 1 aromatic rings. The fourth-order valence-corrected chi connectivity index (χ4v) is 4.55. The van der Waals surface area contributed by atoms with Gasteiger partial charge in [-0.2, -0.15) is 0 Å². The Morgan fingerprint density at radius 3 is 2.88 bits per heavy atom. The third-order valence-electron chi connectivity index (χ3n) is 5.98. The Balaban J connectivity index is 1.42. The fraction of sp³-hybridized carbons (Fsp3) is 0.722. The number of nitrogens with zero attached hydrogens (tertiary/aromatic N) is 4. The number of imidazole rings is 1. The number of piperidine rings is 1. The van der Waals surface area contributed by atoms with Crippen molar-refractivity contribution in [2.75, 3.05) is 32.8 Å². The molecule has 3 saturated heterocycles. The zero-order chi connectivity index (χ0) is 17.3. The van der Waals surface area contributed by atoms with Crippen LogP contribution < -0.4 is 0 Å². The van der Waals surface area contributed by atoms with E-state index in [1.54, 1.807) is 23.3 Å². The lowest BCUT2D eigenvalue weighted by Gasteiger charge is -2.44. The monoisotopic (exact) mass is 346 g/mol. The SMILES string of the molecule is O=C(Cn1ccnc1)N1CC[C@@]2(CCCN(C3CCOCC3)C2=O)C1. The van der Waals surface area contributed by atoms with Crippen molar-refractivity contribution in [2.45, 2.75) is 44.7 Å². The minimum absolute atomic E-state index is 0.0749. The van der Waals surface area contributed by atoms with Gasteiger partial charge in [-0.15, -0.1) is 0 Å². The molecule has 2 amide bonds. The van der Waals surface area contributed by atoms with Crippen LogP contribution in [0.1, 0.15) is 32.1 Å². The van der Waals surface area contributed by atoms with Crippen LogP contribution in [0.4, 0.5) is 0 Å². The predicted octanol–water partition coefficient (Wildman–Crippen LogP) is 0.903. The summed E-state index contributed by atoms with van der Waals surface area (Å²) < 4.78 is 7.23. The summed E-state index contributed by atoms with van der Waals surface area (Å²) in [5.74, 6) is 0.342. The van der Waals surface area contributed by atoms with Gasteiger partial charge in [-0.05, 0) is 32.1 Å². The van der Waals surface area contributed by atoms with Gasteiger partial charge in [0.25, 0.3) is 0 Å². The average molecular weight is 346 g/mol. The van der Waals surface area contributed by atoms with Crippen LogP contribution in [0.2, 0.25) is 0 Å². The van der Waals surface area contributed by atoms with Crippen LogP contribution in [0.3, 0.4) is 0 Å². The summed E-state index contributed by atoms with van der Waals surface area (Å²) in [4.78, 5) is 33.8. The number of rotatable bonds is 3. The molecule has 3 aliphatic heterocycles. The first-order valence-corrected chi connectivity index (χ1v) is 9.30. The van der Waals surface area contributed by atoms with Crippen LogP contribution in [-0.2, 0) is 20.9 Å². The maximum absolute atomic E-state index is 13.3. The molecule has 0 aliphatic carbocycles. The van der Waals surface area contributed by atoms with Crippen molar-refractivity contribution in [3.8, 4) is 0 Å². The highest BCUT2D eigenvalue weighted by atomic mass is 16.5. The van der Waals surface area contributed by atoms with Crippen molar-refractivity contribution < 1.29 is 14.3 Å². The Morgan fingerprint density at radius 2 is 2.12 bits per heavy atom. The van der Waals surface area contributed by atoms with Crippen molar-refractivity contribution in [1.29, 1.82) is 0 Å². The van der Waals surface area contributed by atoms with Gasteiger partial charge in [0.15, 0.2) is 0 Å². The van der Waals surface area contributed by atoms with E-state index < -0.39 is 0 Å². The largest absolute Gasteiger partial charge is 0.381 e. The van der Waals surface area contributed by atoms with Crippen molar-refractivity contribution in [3.05, 3.63) is 18.7 Å². The number of likely N-dealkylation sites (tertiary alicyclic amines) is 2. The van der Waals surface area contributed by atoms with E-state index in [0.717, 1.165) is 51.9 Å². The molecule has 7 nitrogen and oxygen atoms in total. The topological polar surface area (TPSA) is 67.7 Å². The molecule has 7 heteroatoms. The number of hydrogen-bond donors (Lipinski definition) is 0. The summed E-state index contributed by atoms with van der Waals surface area (Å²) in [5.41, 5.74) is -0.360. The molecule has 4 heterocycles. The van der Waals surface area contributed by atoms with Crippen molar-refractivity contribution in [2.24, 2.45) is 5.41 Å². The van der Waals surface area contributed by atoms with Gasteiger partial charge in [0.05, 0.1) is 11.7 Å². The smallest absolute Gasteiger partial charge is 0.242 e. The molecule has 136 valence electrons. The Kier molecular flexibility index (Phi) is 4.50. The quantitative estimate of drug-likeness (QED) is 0.816. The average Bonchev–Trinajstić information content (AvgIpc) is 3.29. The molecule has 1 atom stereocenters. The lowest BCUT2D eigenvalue weighted by atomic mass is 9.77. The fourth-order valence-electron chi connectivity index (χ4n) is 4.55. The first kappa shape index (κ1) is 16.6. The Morgan fingerprint density at radius 1 is 1.28 bits per heavy atom. The zero-order valence-electron chi connectivity index (χ0n) is 14.6. The Labute approximate surface area is 147 Å². The van der Waals surface area contributed by atoms with E-state index in [-0.39, 0.29) is 17.2 Å². The van der Waals surface area contributed by atoms with Gasteiger partial charge in [0.2, 0.25) is 11.8 Å². The summed E-state index contributed by atoms with van der Waals surface area (Å²) in [6.45, 7) is 3.90. The van der Waals surface area contributed by atoms with Gasteiger partial charge in [-0.25, -0.2) is 4.98 Å². The predicted molar refractivity (Wildman–Crippen MR) is 90.6 cm³/mol. The maximum atomic E-state index is 13.3. The molecule has 0 bridgehead atoms. The number of aromatic nitrogens is 2. The van der Waals surface area contributed by atoms with Gasteiger partial charge in [-0.1, -0.05) is 0 Å². The van der Waals surface area contributed by atoms with Gasteiger partial charge in [0, 0.05) is 51.3 Å². The molecule has 1 spiro atoms. The highest BCUT2D eigenvalue weighted by molar-refractivity contribution is 5.86. The molecule has 3 aliphatic rings. The summed E-state index contributed by atoms with van der Waals surface area (Å²) >= 11 is 0. The summed E-state index contributed by atoms with van der Waals surface area (Å²) in [6, 6.07) is 0.314. The van der Waals surface area contributed by atoms with E-state index in [9.17, 15) is 9.59 Å². The van der Waals surface area contributed by atoms with Crippen LogP contribution >= 0.6 is 0 Å².